The first-order valence-corrected chi connectivity index (χ1v) is 10.0. The molecule has 6 nitrogen and oxygen atoms in total. The van der Waals surface area contributed by atoms with Gasteiger partial charge in [-0.1, -0.05) is 0 Å². The molecular weight excluding hydrogens is 312 g/mol. The third kappa shape index (κ3) is 3.28. The van der Waals surface area contributed by atoms with Gasteiger partial charge in [-0.2, -0.15) is 4.31 Å². The fourth-order valence-corrected chi connectivity index (χ4v) is 4.96. The molecule has 1 fully saturated rings. The molecule has 2 rings (SSSR count). The van der Waals surface area contributed by atoms with Crippen molar-refractivity contribution in [2.45, 2.75) is 29.2 Å². The van der Waals surface area contributed by atoms with Crippen LogP contribution in [-0.4, -0.2) is 46.5 Å². The SMILES string of the molecule is CC1CC(CN)CN1S(=O)(=O)c1ccc(S(C)(=O)=O)cc1. The molecule has 0 saturated carbocycles. The first-order chi connectivity index (χ1) is 9.66. The van der Waals surface area contributed by atoms with E-state index >= 15 is 0 Å². The normalized spacial score (nSPS) is 24.3. The molecule has 2 atom stereocenters. The van der Waals surface area contributed by atoms with Crippen LogP contribution in [0.4, 0.5) is 0 Å². The van der Waals surface area contributed by atoms with Crippen molar-refractivity contribution in [3.63, 3.8) is 0 Å². The van der Waals surface area contributed by atoms with Crippen molar-refractivity contribution in [2.75, 3.05) is 19.3 Å². The Kier molecular flexibility index (Phi) is 4.44. The Balaban J connectivity index is 2.32. The highest BCUT2D eigenvalue weighted by Crippen LogP contribution is 2.29. The molecule has 2 N–H and O–H groups in total. The van der Waals surface area contributed by atoms with Gasteiger partial charge in [0, 0.05) is 18.8 Å². The van der Waals surface area contributed by atoms with E-state index in [9.17, 15) is 16.8 Å². The van der Waals surface area contributed by atoms with Crippen LogP contribution in [0, 0.1) is 5.92 Å². The van der Waals surface area contributed by atoms with E-state index in [1.54, 1.807) is 0 Å². The fourth-order valence-electron chi connectivity index (χ4n) is 2.61. The molecule has 1 heterocycles. The van der Waals surface area contributed by atoms with Crippen LogP contribution in [-0.2, 0) is 19.9 Å². The van der Waals surface area contributed by atoms with Crippen molar-refractivity contribution in [1.82, 2.24) is 4.31 Å². The highest BCUT2D eigenvalue weighted by molar-refractivity contribution is 7.90. The third-order valence-corrected chi connectivity index (χ3v) is 6.92. The second kappa shape index (κ2) is 5.68. The Morgan fingerprint density at radius 2 is 1.67 bits per heavy atom. The lowest BCUT2D eigenvalue weighted by atomic mass is 10.1. The first-order valence-electron chi connectivity index (χ1n) is 6.68. The second-order valence-corrected chi connectivity index (χ2v) is 9.41. The van der Waals surface area contributed by atoms with Gasteiger partial charge in [0.05, 0.1) is 9.79 Å². The van der Waals surface area contributed by atoms with Gasteiger partial charge >= 0.3 is 0 Å². The van der Waals surface area contributed by atoms with Crippen molar-refractivity contribution >= 4 is 19.9 Å². The smallest absolute Gasteiger partial charge is 0.243 e. The maximum absolute atomic E-state index is 12.6. The predicted octanol–water partition coefficient (Wildman–Crippen LogP) is 0.448. The minimum absolute atomic E-state index is 0.0989. The third-order valence-electron chi connectivity index (χ3n) is 3.80. The van der Waals surface area contributed by atoms with E-state index in [-0.39, 0.29) is 21.8 Å². The summed E-state index contributed by atoms with van der Waals surface area (Å²) in [6, 6.07) is 5.23. The summed E-state index contributed by atoms with van der Waals surface area (Å²) in [7, 11) is -6.94. The first kappa shape index (κ1) is 16.4. The average Bonchev–Trinajstić information content (AvgIpc) is 2.80. The van der Waals surface area contributed by atoms with Crippen LogP contribution in [0.5, 0.6) is 0 Å². The maximum Gasteiger partial charge on any atom is 0.243 e. The van der Waals surface area contributed by atoms with Gasteiger partial charge in [-0.15, -0.1) is 0 Å². The molecular formula is C13H20N2O4S2. The average molecular weight is 332 g/mol. The molecule has 1 aliphatic rings. The Morgan fingerprint density at radius 1 is 1.14 bits per heavy atom. The molecule has 0 aliphatic carbocycles. The Labute approximate surface area is 125 Å². The van der Waals surface area contributed by atoms with Crippen molar-refractivity contribution < 1.29 is 16.8 Å². The largest absolute Gasteiger partial charge is 0.330 e. The van der Waals surface area contributed by atoms with Crippen LogP contribution < -0.4 is 5.73 Å². The number of nitrogens with zero attached hydrogens (tertiary/aromatic N) is 1. The van der Waals surface area contributed by atoms with Gasteiger partial charge in [0.25, 0.3) is 0 Å². The predicted molar refractivity (Wildman–Crippen MR) is 80.1 cm³/mol. The summed E-state index contributed by atoms with van der Waals surface area (Å²) in [5.74, 6) is 0.171. The number of benzene rings is 1. The zero-order valence-electron chi connectivity index (χ0n) is 12.1. The molecule has 118 valence electrons. The summed E-state index contributed by atoms with van der Waals surface area (Å²) < 4.78 is 49.5. The molecule has 1 aliphatic heterocycles. The molecule has 0 amide bonds. The summed E-state index contributed by atoms with van der Waals surface area (Å²) in [6.45, 7) is 2.73. The monoisotopic (exact) mass is 332 g/mol. The van der Waals surface area contributed by atoms with Crippen molar-refractivity contribution in [3.05, 3.63) is 24.3 Å². The van der Waals surface area contributed by atoms with E-state index < -0.39 is 19.9 Å². The van der Waals surface area contributed by atoms with Crippen LogP contribution in [0.15, 0.2) is 34.1 Å². The van der Waals surface area contributed by atoms with Crippen molar-refractivity contribution in [1.29, 1.82) is 0 Å². The van der Waals surface area contributed by atoms with Crippen LogP contribution in [0.3, 0.4) is 0 Å². The van der Waals surface area contributed by atoms with Gasteiger partial charge in [-0.05, 0) is 50.1 Å². The van der Waals surface area contributed by atoms with Crippen LogP contribution in [0.25, 0.3) is 0 Å². The lowest BCUT2D eigenvalue weighted by Crippen LogP contribution is -2.34. The standard InChI is InChI=1S/C13H20N2O4S2/c1-10-7-11(8-14)9-15(10)21(18,19)13-5-3-12(4-6-13)20(2,16)17/h3-6,10-11H,7-9,14H2,1-2H3. The van der Waals surface area contributed by atoms with Gasteiger partial charge in [0.15, 0.2) is 9.84 Å². The zero-order valence-corrected chi connectivity index (χ0v) is 13.7. The number of nitrogens with two attached hydrogens (primary N) is 1. The second-order valence-electron chi connectivity index (χ2n) is 5.50. The minimum Gasteiger partial charge on any atom is -0.330 e. The Bertz CT molecular complexity index is 711. The summed E-state index contributed by atoms with van der Waals surface area (Å²) >= 11 is 0. The summed E-state index contributed by atoms with van der Waals surface area (Å²) in [4.78, 5) is 0.218. The molecule has 0 aromatic heterocycles. The maximum atomic E-state index is 12.6. The van der Waals surface area contributed by atoms with Gasteiger partial charge in [0.2, 0.25) is 10.0 Å². The topological polar surface area (TPSA) is 97.5 Å². The van der Waals surface area contributed by atoms with E-state index in [1.165, 1.54) is 28.6 Å². The van der Waals surface area contributed by atoms with Gasteiger partial charge in [-0.25, -0.2) is 16.8 Å². The Hall–Kier alpha value is -0.960. The van der Waals surface area contributed by atoms with E-state index in [4.69, 9.17) is 5.73 Å². The number of sulfonamides is 1. The van der Waals surface area contributed by atoms with E-state index in [1.807, 2.05) is 6.92 Å². The lowest BCUT2D eigenvalue weighted by Gasteiger charge is -2.21. The Morgan fingerprint density at radius 3 is 2.10 bits per heavy atom. The van der Waals surface area contributed by atoms with E-state index in [0.717, 1.165) is 12.7 Å². The molecule has 1 saturated heterocycles. The van der Waals surface area contributed by atoms with Gasteiger partial charge in [0.1, 0.15) is 0 Å². The van der Waals surface area contributed by atoms with Crippen LogP contribution in [0.2, 0.25) is 0 Å². The lowest BCUT2D eigenvalue weighted by molar-refractivity contribution is 0.404. The number of rotatable bonds is 4. The highest BCUT2D eigenvalue weighted by atomic mass is 32.2. The van der Waals surface area contributed by atoms with Gasteiger partial charge < -0.3 is 5.73 Å². The number of sulfone groups is 1. The molecule has 8 heteroatoms. The highest BCUT2D eigenvalue weighted by Gasteiger charge is 2.37. The summed E-state index contributed by atoms with van der Waals surface area (Å²) in [5.41, 5.74) is 5.62. The van der Waals surface area contributed by atoms with E-state index in [0.29, 0.717) is 13.1 Å². The van der Waals surface area contributed by atoms with Crippen LogP contribution >= 0.6 is 0 Å². The summed E-state index contributed by atoms with van der Waals surface area (Å²) in [6.07, 6.45) is 1.84. The molecule has 21 heavy (non-hydrogen) atoms. The number of hydrogen-bond donors (Lipinski definition) is 1. The molecule has 0 radical (unpaired) electrons. The fraction of sp³-hybridized carbons (Fsp3) is 0.538. The molecule has 0 bridgehead atoms. The molecule has 0 spiro atoms. The van der Waals surface area contributed by atoms with Crippen molar-refractivity contribution in [3.8, 4) is 0 Å². The minimum atomic E-state index is -3.61. The van der Waals surface area contributed by atoms with Crippen molar-refractivity contribution in [2.24, 2.45) is 11.7 Å². The molecule has 1 aromatic carbocycles. The van der Waals surface area contributed by atoms with Crippen LogP contribution in [0.1, 0.15) is 13.3 Å². The van der Waals surface area contributed by atoms with Gasteiger partial charge in [-0.3, -0.25) is 0 Å². The number of hydrogen-bond acceptors (Lipinski definition) is 5. The van der Waals surface area contributed by atoms with E-state index in [2.05, 4.69) is 0 Å². The zero-order chi connectivity index (χ0) is 15.8. The quantitative estimate of drug-likeness (QED) is 0.863. The molecule has 1 aromatic rings. The molecule has 2 unspecified atom stereocenters. The summed E-state index contributed by atoms with van der Waals surface area (Å²) in [5, 5.41) is 0.